The molecule has 31 heavy (non-hydrogen) atoms. The molecule has 2 aromatic heterocycles. The summed E-state index contributed by atoms with van der Waals surface area (Å²) < 4.78 is 12.4. The highest BCUT2D eigenvalue weighted by atomic mass is 32.1. The topological polar surface area (TPSA) is 104 Å². The molecule has 0 aliphatic carbocycles. The molecule has 4 rings (SSSR count). The number of nitrogens with zero attached hydrogens (tertiary/aromatic N) is 1. The average Bonchev–Trinajstić information content (AvgIpc) is 3.09. The molecule has 0 saturated carbocycles. The van der Waals surface area contributed by atoms with E-state index >= 15 is 0 Å². The van der Waals surface area contributed by atoms with Crippen LogP contribution in [0.5, 0.6) is 5.75 Å². The Morgan fingerprint density at radius 1 is 1.32 bits per heavy atom. The van der Waals surface area contributed by atoms with Gasteiger partial charge in [-0.1, -0.05) is 6.07 Å². The SMILES string of the molecule is Cc1sc2ccc(OCc3ccccn3)cc2c1C(=O)NC1(C)CCOCC1.NC=O. The molecule has 7 nitrogen and oxygen atoms in total. The highest BCUT2D eigenvalue weighted by Gasteiger charge is 2.30. The molecule has 1 aromatic carbocycles. The number of carbonyl (C=O) groups excluding carboxylic acids is 2. The first-order chi connectivity index (χ1) is 15.0. The van der Waals surface area contributed by atoms with E-state index in [-0.39, 0.29) is 17.9 Å². The molecule has 3 heterocycles. The van der Waals surface area contributed by atoms with E-state index in [0.717, 1.165) is 44.8 Å². The smallest absolute Gasteiger partial charge is 0.253 e. The number of hydrogen-bond acceptors (Lipinski definition) is 6. The van der Waals surface area contributed by atoms with Crippen molar-refractivity contribution in [2.75, 3.05) is 13.2 Å². The van der Waals surface area contributed by atoms with Crippen molar-refractivity contribution in [3.05, 3.63) is 58.7 Å². The van der Waals surface area contributed by atoms with Crippen LogP contribution in [0.1, 0.15) is 40.7 Å². The molecule has 0 radical (unpaired) electrons. The fourth-order valence-electron chi connectivity index (χ4n) is 3.50. The molecule has 1 fully saturated rings. The molecule has 2 amide bonds. The fraction of sp³-hybridized carbons (Fsp3) is 0.348. The number of aromatic nitrogens is 1. The number of aryl methyl sites for hydroxylation is 1. The van der Waals surface area contributed by atoms with Crippen LogP contribution in [-0.2, 0) is 16.1 Å². The van der Waals surface area contributed by atoms with Crippen molar-refractivity contribution in [3.8, 4) is 5.75 Å². The van der Waals surface area contributed by atoms with Crippen molar-refractivity contribution in [2.24, 2.45) is 5.73 Å². The number of rotatable bonds is 5. The van der Waals surface area contributed by atoms with Crippen molar-refractivity contribution in [1.29, 1.82) is 0 Å². The molecule has 3 aromatic rings. The zero-order valence-corrected chi connectivity index (χ0v) is 18.5. The van der Waals surface area contributed by atoms with E-state index in [4.69, 9.17) is 14.3 Å². The summed E-state index contributed by atoms with van der Waals surface area (Å²) in [6.07, 6.45) is 3.67. The van der Waals surface area contributed by atoms with E-state index in [9.17, 15) is 4.79 Å². The number of carbonyl (C=O) groups is 2. The summed E-state index contributed by atoms with van der Waals surface area (Å²) in [5.41, 5.74) is 5.56. The van der Waals surface area contributed by atoms with Crippen LogP contribution in [0.3, 0.4) is 0 Å². The second kappa shape index (κ2) is 10.4. The van der Waals surface area contributed by atoms with Crippen LogP contribution in [0.2, 0.25) is 0 Å². The van der Waals surface area contributed by atoms with Crippen molar-refractivity contribution >= 4 is 33.7 Å². The Hall–Kier alpha value is -2.97. The predicted molar refractivity (Wildman–Crippen MR) is 121 cm³/mol. The number of ether oxygens (including phenoxy) is 2. The van der Waals surface area contributed by atoms with E-state index < -0.39 is 0 Å². The lowest BCUT2D eigenvalue weighted by molar-refractivity contribution is -0.106. The number of primary amides is 1. The lowest BCUT2D eigenvalue weighted by atomic mass is 9.92. The largest absolute Gasteiger partial charge is 0.487 e. The normalized spacial score (nSPS) is 14.9. The number of nitrogens with one attached hydrogen (secondary N) is 1. The molecule has 0 bridgehead atoms. The molecule has 0 unspecified atom stereocenters. The van der Waals surface area contributed by atoms with Crippen LogP contribution in [0.15, 0.2) is 42.6 Å². The second-order valence-corrected chi connectivity index (χ2v) is 8.82. The second-order valence-electron chi connectivity index (χ2n) is 7.56. The Kier molecular flexibility index (Phi) is 7.59. The number of amides is 2. The number of pyridine rings is 1. The third kappa shape index (κ3) is 5.80. The van der Waals surface area contributed by atoms with E-state index in [0.29, 0.717) is 19.8 Å². The number of fused-ring (bicyclic) bond motifs is 1. The van der Waals surface area contributed by atoms with Gasteiger partial charge in [0.05, 0.1) is 11.3 Å². The van der Waals surface area contributed by atoms with Gasteiger partial charge in [-0.05, 0) is 57.0 Å². The summed E-state index contributed by atoms with van der Waals surface area (Å²) in [6, 6.07) is 11.7. The first-order valence-corrected chi connectivity index (χ1v) is 10.9. The van der Waals surface area contributed by atoms with Gasteiger partial charge in [0.15, 0.2) is 0 Å². The minimum atomic E-state index is -0.219. The molecule has 0 spiro atoms. The molecule has 1 aliphatic rings. The van der Waals surface area contributed by atoms with Crippen molar-refractivity contribution in [2.45, 2.75) is 38.8 Å². The Bertz CT molecular complexity index is 1030. The summed E-state index contributed by atoms with van der Waals surface area (Å²) in [7, 11) is 0. The molecule has 1 saturated heterocycles. The zero-order valence-electron chi connectivity index (χ0n) is 17.7. The van der Waals surface area contributed by atoms with E-state index in [2.05, 4.69) is 23.0 Å². The third-order valence-electron chi connectivity index (χ3n) is 5.19. The maximum absolute atomic E-state index is 13.1. The molecular formula is C23H27N3O4S. The maximum atomic E-state index is 13.1. The van der Waals surface area contributed by atoms with E-state index in [1.807, 2.05) is 43.3 Å². The number of hydrogen-bond donors (Lipinski definition) is 2. The lowest BCUT2D eigenvalue weighted by Gasteiger charge is -2.34. The molecular weight excluding hydrogens is 414 g/mol. The monoisotopic (exact) mass is 441 g/mol. The minimum absolute atomic E-state index is 0.0185. The van der Waals surface area contributed by atoms with Gasteiger partial charge < -0.3 is 20.5 Å². The van der Waals surface area contributed by atoms with Gasteiger partial charge in [-0.3, -0.25) is 14.6 Å². The Labute approximate surface area is 185 Å². The Morgan fingerprint density at radius 2 is 2.06 bits per heavy atom. The van der Waals surface area contributed by atoms with Gasteiger partial charge in [0.25, 0.3) is 5.91 Å². The van der Waals surface area contributed by atoms with Gasteiger partial charge in [0, 0.05) is 39.9 Å². The summed E-state index contributed by atoms with van der Waals surface area (Å²) in [5.74, 6) is 0.720. The van der Waals surface area contributed by atoms with Gasteiger partial charge in [0.1, 0.15) is 12.4 Å². The summed E-state index contributed by atoms with van der Waals surface area (Å²) in [4.78, 5) is 27.0. The van der Waals surface area contributed by atoms with Crippen LogP contribution in [0.25, 0.3) is 10.1 Å². The Morgan fingerprint density at radius 3 is 2.74 bits per heavy atom. The molecule has 8 heteroatoms. The van der Waals surface area contributed by atoms with Gasteiger partial charge in [-0.2, -0.15) is 0 Å². The first kappa shape index (κ1) is 22.7. The molecule has 0 atom stereocenters. The lowest BCUT2D eigenvalue weighted by Crippen LogP contribution is -2.49. The quantitative estimate of drug-likeness (QED) is 0.589. The molecule has 3 N–H and O–H groups in total. The highest BCUT2D eigenvalue weighted by molar-refractivity contribution is 7.19. The number of thiophene rings is 1. The van der Waals surface area contributed by atoms with Crippen LogP contribution >= 0.6 is 11.3 Å². The Balaban J connectivity index is 0.000000858. The third-order valence-corrected chi connectivity index (χ3v) is 6.27. The number of benzene rings is 1. The van der Waals surface area contributed by atoms with E-state index in [1.54, 1.807) is 17.5 Å². The fourth-order valence-corrected chi connectivity index (χ4v) is 4.54. The van der Waals surface area contributed by atoms with Crippen molar-refractivity contribution < 1.29 is 19.1 Å². The number of nitrogens with two attached hydrogens (primary N) is 1. The van der Waals surface area contributed by atoms with Crippen LogP contribution < -0.4 is 15.8 Å². The van der Waals surface area contributed by atoms with Crippen LogP contribution in [0.4, 0.5) is 0 Å². The molecule has 164 valence electrons. The maximum Gasteiger partial charge on any atom is 0.253 e. The average molecular weight is 442 g/mol. The van der Waals surface area contributed by atoms with E-state index in [1.165, 1.54) is 0 Å². The molecule has 1 aliphatic heterocycles. The summed E-state index contributed by atoms with van der Waals surface area (Å²) >= 11 is 1.64. The standard InChI is InChI=1S/C22H24N2O3S.CH3NO/c1-15-20(21(25)24-22(2)8-11-26-12-9-22)18-13-17(6-7-19(18)28-15)27-14-16-5-3-4-10-23-16;2-1-3/h3-7,10,13H,8-9,11-12,14H2,1-2H3,(H,24,25);1H,(H2,2,3). The van der Waals surface area contributed by atoms with Crippen molar-refractivity contribution in [1.82, 2.24) is 10.3 Å². The summed E-state index contributed by atoms with van der Waals surface area (Å²) in [6.45, 7) is 5.87. The van der Waals surface area contributed by atoms with Gasteiger partial charge in [-0.15, -0.1) is 11.3 Å². The van der Waals surface area contributed by atoms with Gasteiger partial charge >= 0.3 is 0 Å². The highest BCUT2D eigenvalue weighted by Crippen LogP contribution is 2.34. The zero-order chi connectivity index (χ0) is 22.3. The van der Waals surface area contributed by atoms with Crippen LogP contribution in [-0.4, -0.2) is 36.1 Å². The van der Waals surface area contributed by atoms with Crippen LogP contribution in [0, 0.1) is 6.92 Å². The van der Waals surface area contributed by atoms with Crippen molar-refractivity contribution in [3.63, 3.8) is 0 Å². The summed E-state index contributed by atoms with van der Waals surface area (Å²) in [5, 5.41) is 4.18. The van der Waals surface area contributed by atoms with Gasteiger partial charge in [0.2, 0.25) is 6.41 Å². The minimum Gasteiger partial charge on any atom is -0.487 e. The van der Waals surface area contributed by atoms with Gasteiger partial charge in [-0.25, -0.2) is 0 Å². The first-order valence-electron chi connectivity index (χ1n) is 10.1. The predicted octanol–water partition coefficient (Wildman–Crippen LogP) is 3.58.